The maximum Gasteiger partial charge on any atom is 0.324 e. The number of nitrogens with one attached hydrogen (secondary N) is 1. The number of amides is 3. The van der Waals surface area contributed by atoms with E-state index in [4.69, 9.17) is 4.74 Å². The van der Waals surface area contributed by atoms with E-state index in [1.807, 2.05) is 6.92 Å². The van der Waals surface area contributed by atoms with Gasteiger partial charge in [0, 0.05) is 19.6 Å². The molecular formula is C10H16N2O3. The molecule has 0 aromatic carbocycles. The third-order valence-corrected chi connectivity index (χ3v) is 2.88. The maximum absolute atomic E-state index is 11.8. The average Bonchev–Trinajstić information content (AvgIpc) is 2.64. The Morgan fingerprint density at radius 3 is 2.93 bits per heavy atom. The second kappa shape index (κ2) is 4.18. The van der Waals surface area contributed by atoms with Crippen LogP contribution in [-0.4, -0.2) is 42.6 Å². The molecule has 5 heteroatoms. The van der Waals surface area contributed by atoms with Gasteiger partial charge in [-0.05, 0) is 12.3 Å². The van der Waals surface area contributed by atoms with Crippen molar-refractivity contribution in [3.63, 3.8) is 0 Å². The molecule has 2 rings (SSSR count). The van der Waals surface area contributed by atoms with Gasteiger partial charge in [0.25, 0.3) is 0 Å². The number of imide groups is 1. The summed E-state index contributed by atoms with van der Waals surface area (Å²) in [6.07, 6.45) is 1.20. The van der Waals surface area contributed by atoms with Gasteiger partial charge in [0.2, 0.25) is 5.91 Å². The van der Waals surface area contributed by atoms with Crippen molar-refractivity contribution >= 4 is 11.9 Å². The molecule has 2 aliphatic heterocycles. The SMILES string of the molecule is CC1CNC(=O)N(C2CCOC2)C(=O)C1. The second-order valence-electron chi connectivity index (χ2n) is 4.28. The van der Waals surface area contributed by atoms with E-state index in [1.165, 1.54) is 4.90 Å². The molecule has 2 unspecified atom stereocenters. The fraction of sp³-hybridized carbons (Fsp3) is 0.800. The summed E-state index contributed by atoms with van der Waals surface area (Å²) in [7, 11) is 0. The Kier molecular flexibility index (Phi) is 2.90. The monoisotopic (exact) mass is 212 g/mol. The molecule has 0 spiro atoms. The number of hydrogen-bond acceptors (Lipinski definition) is 3. The smallest absolute Gasteiger partial charge is 0.324 e. The number of urea groups is 1. The minimum Gasteiger partial charge on any atom is -0.379 e. The zero-order valence-corrected chi connectivity index (χ0v) is 8.86. The lowest BCUT2D eigenvalue weighted by Crippen LogP contribution is -2.48. The second-order valence-corrected chi connectivity index (χ2v) is 4.28. The van der Waals surface area contributed by atoms with Crippen molar-refractivity contribution in [1.82, 2.24) is 10.2 Å². The molecule has 5 nitrogen and oxygen atoms in total. The minimum absolute atomic E-state index is 0.0669. The van der Waals surface area contributed by atoms with E-state index >= 15 is 0 Å². The fourth-order valence-electron chi connectivity index (χ4n) is 2.02. The van der Waals surface area contributed by atoms with E-state index in [1.54, 1.807) is 0 Å². The Balaban J connectivity index is 2.12. The molecule has 2 saturated heterocycles. The lowest BCUT2D eigenvalue weighted by molar-refractivity contribution is -0.130. The predicted octanol–water partition coefficient (Wildman–Crippen LogP) is 0.353. The van der Waals surface area contributed by atoms with Gasteiger partial charge in [0.1, 0.15) is 0 Å². The van der Waals surface area contributed by atoms with Crippen LogP contribution in [0.2, 0.25) is 0 Å². The van der Waals surface area contributed by atoms with Crippen molar-refractivity contribution in [3.05, 3.63) is 0 Å². The quantitative estimate of drug-likeness (QED) is 0.682. The highest BCUT2D eigenvalue weighted by molar-refractivity contribution is 5.95. The zero-order chi connectivity index (χ0) is 10.8. The molecule has 2 fully saturated rings. The highest BCUT2D eigenvalue weighted by Crippen LogP contribution is 2.17. The van der Waals surface area contributed by atoms with Crippen molar-refractivity contribution < 1.29 is 14.3 Å². The van der Waals surface area contributed by atoms with Gasteiger partial charge in [-0.3, -0.25) is 9.69 Å². The summed E-state index contributed by atoms with van der Waals surface area (Å²) in [6.45, 7) is 3.66. The van der Waals surface area contributed by atoms with Crippen LogP contribution < -0.4 is 5.32 Å². The number of carbonyl (C=O) groups excluding carboxylic acids is 2. The lowest BCUT2D eigenvalue weighted by Gasteiger charge is -2.23. The molecule has 84 valence electrons. The fourth-order valence-corrected chi connectivity index (χ4v) is 2.02. The van der Waals surface area contributed by atoms with E-state index in [-0.39, 0.29) is 23.9 Å². The molecule has 0 aliphatic carbocycles. The first kappa shape index (κ1) is 10.4. The summed E-state index contributed by atoms with van der Waals surface area (Å²) in [5, 5.41) is 2.76. The minimum atomic E-state index is -0.264. The Bertz CT molecular complexity index is 274. The van der Waals surface area contributed by atoms with Crippen molar-refractivity contribution in [2.45, 2.75) is 25.8 Å². The largest absolute Gasteiger partial charge is 0.379 e. The number of ether oxygens (including phenoxy) is 1. The number of nitrogens with zero attached hydrogens (tertiary/aromatic N) is 1. The molecule has 1 N–H and O–H groups in total. The summed E-state index contributed by atoms with van der Waals surface area (Å²) in [6, 6.07) is -0.331. The van der Waals surface area contributed by atoms with Gasteiger partial charge in [0.05, 0.1) is 12.6 Å². The summed E-state index contributed by atoms with van der Waals surface area (Å²) in [4.78, 5) is 24.9. The van der Waals surface area contributed by atoms with E-state index in [9.17, 15) is 9.59 Å². The molecular weight excluding hydrogens is 196 g/mol. The van der Waals surface area contributed by atoms with Gasteiger partial charge in [0.15, 0.2) is 0 Å². The van der Waals surface area contributed by atoms with Crippen molar-refractivity contribution in [3.8, 4) is 0 Å². The number of carbonyl (C=O) groups is 2. The van der Waals surface area contributed by atoms with E-state index in [0.29, 0.717) is 26.2 Å². The predicted molar refractivity (Wildman–Crippen MR) is 53.2 cm³/mol. The molecule has 3 amide bonds. The Hall–Kier alpha value is -1.10. The normalized spacial score (nSPS) is 32.7. The molecule has 0 bridgehead atoms. The first-order chi connectivity index (χ1) is 7.18. The molecule has 2 heterocycles. The van der Waals surface area contributed by atoms with Crippen LogP contribution in [0, 0.1) is 5.92 Å². The third kappa shape index (κ3) is 2.12. The van der Waals surface area contributed by atoms with Gasteiger partial charge in [-0.25, -0.2) is 4.79 Å². The Labute approximate surface area is 88.8 Å². The molecule has 2 atom stereocenters. The summed E-state index contributed by atoms with van der Waals surface area (Å²) < 4.78 is 5.20. The Morgan fingerprint density at radius 2 is 2.27 bits per heavy atom. The van der Waals surface area contributed by atoms with Crippen LogP contribution in [0.4, 0.5) is 4.79 Å². The molecule has 15 heavy (non-hydrogen) atoms. The van der Waals surface area contributed by atoms with Gasteiger partial charge in [-0.15, -0.1) is 0 Å². The third-order valence-electron chi connectivity index (χ3n) is 2.88. The van der Waals surface area contributed by atoms with Crippen LogP contribution in [0.25, 0.3) is 0 Å². The highest BCUT2D eigenvalue weighted by Gasteiger charge is 2.34. The van der Waals surface area contributed by atoms with Gasteiger partial charge in [-0.1, -0.05) is 6.92 Å². The van der Waals surface area contributed by atoms with Gasteiger partial charge < -0.3 is 10.1 Å². The topological polar surface area (TPSA) is 58.6 Å². The van der Waals surface area contributed by atoms with Crippen LogP contribution in [0.1, 0.15) is 19.8 Å². The standard InChI is InChI=1S/C10H16N2O3/c1-7-4-9(13)12(10(14)11-5-7)8-2-3-15-6-8/h7-8H,2-6H2,1H3,(H,11,14). The Morgan fingerprint density at radius 1 is 1.47 bits per heavy atom. The summed E-state index contributed by atoms with van der Waals surface area (Å²) in [5.41, 5.74) is 0. The first-order valence-electron chi connectivity index (χ1n) is 5.36. The molecule has 0 saturated carbocycles. The van der Waals surface area contributed by atoms with Gasteiger partial charge in [-0.2, -0.15) is 0 Å². The maximum atomic E-state index is 11.8. The summed E-state index contributed by atoms with van der Waals surface area (Å²) >= 11 is 0. The van der Waals surface area contributed by atoms with Crippen LogP contribution >= 0.6 is 0 Å². The van der Waals surface area contributed by atoms with E-state index < -0.39 is 0 Å². The van der Waals surface area contributed by atoms with Crippen molar-refractivity contribution in [1.29, 1.82) is 0 Å². The number of hydrogen-bond donors (Lipinski definition) is 1. The molecule has 0 radical (unpaired) electrons. The zero-order valence-electron chi connectivity index (χ0n) is 8.86. The van der Waals surface area contributed by atoms with Gasteiger partial charge >= 0.3 is 6.03 Å². The van der Waals surface area contributed by atoms with Crippen molar-refractivity contribution in [2.75, 3.05) is 19.8 Å². The van der Waals surface area contributed by atoms with Crippen LogP contribution in [0.15, 0.2) is 0 Å². The first-order valence-corrected chi connectivity index (χ1v) is 5.36. The van der Waals surface area contributed by atoms with Crippen LogP contribution in [0.3, 0.4) is 0 Å². The molecule has 2 aliphatic rings. The number of rotatable bonds is 1. The van der Waals surface area contributed by atoms with E-state index in [0.717, 1.165) is 6.42 Å². The average molecular weight is 212 g/mol. The van der Waals surface area contributed by atoms with Crippen LogP contribution in [0.5, 0.6) is 0 Å². The molecule has 0 aromatic heterocycles. The summed E-state index contributed by atoms with van der Waals surface area (Å²) in [5.74, 6) is 0.141. The van der Waals surface area contributed by atoms with E-state index in [2.05, 4.69) is 5.32 Å². The molecule has 0 aromatic rings. The van der Waals surface area contributed by atoms with Crippen molar-refractivity contribution in [2.24, 2.45) is 5.92 Å². The highest BCUT2D eigenvalue weighted by atomic mass is 16.5. The van der Waals surface area contributed by atoms with Crippen LogP contribution in [-0.2, 0) is 9.53 Å². The lowest BCUT2D eigenvalue weighted by atomic mass is 10.1.